The zero-order valence-electron chi connectivity index (χ0n) is 13.3. The summed E-state index contributed by atoms with van der Waals surface area (Å²) in [7, 11) is -6.52. The maximum absolute atomic E-state index is 12.1. The summed E-state index contributed by atoms with van der Waals surface area (Å²) in [6.45, 7) is 1.60. The number of esters is 1. The van der Waals surface area contributed by atoms with Crippen LogP contribution in [0, 0.1) is 0 Å². The van der Waals surface area contributed by atoms with Crippen LogP contribution < -0.4 is 0 Å². The summed E-state index contributed by atoms with van der Waals surface area (Å²) in [6, 6.07) is 0.524. The van der Waals surface area contributed by atoms with Crippen LogP contribution in [-0.2, 0) is 23.1 Å². The van der Waals surface area contributed by atoms with Gasteiger partial charge in [-0.25, -0.2) is 0 Å². The first kappa shape index (κ1) is 23.4. The summed E-state index contributed by atoms with van der Waals surface area (Å²) in [5.41, 5.74) is 0. The molecule has 13 heteroatoms. The highest BCUT2D eigenvalue weighted by Crippen LogP contribution is 2.50. The van der Waals surface area contributed by atoms with Gasteiger partial charge >= 0.3 is 25.9 Å². The van der Waals surface area contributed by atoms with E-state index in [0.29, 0.717) is 6.04 Å². The zero-order valence-corrected chi connectivity index (χ0v) is 15.2. The van der Waals surface area contributed by atoms with Gasteiger partial charge in [-0.15, -0.1) is 0 Å². The Hall–Kier alpha value is -0.583. The maximum atomic E-state index is 12.1. The first-order valence-electron chi connectivity index (χ1n) is 6.69. The molecule has 0 rings (SSSR count). The van der Waals surface area contributed by atoms with Gasteiger partial charge in [0.1, 0.15) is 6.16 Å². The van der Waals surface area contributed by atoms with Gasteiger partial charge in [-0.05, 0) is 6.04 Å². The van der Waals surface area contributed by atoms with Crippen molar-refractivity contribution < 1.29 is 49.5 Å². The molecule has 0 saturated carbocycles. The molecule has 0 aliphatic carbocycles. The second-order valence-corrected chi connectivity index (χ2v) is 13.8. The average molecular weight is 404 g/mol. The molecule has 0 fully saturated rings. The second-order valence-electron chi connectivity index (χ2n) is 6.08. The first-order chi connectivity index (χ1) is 10.5. The molecule has 24 heavy (non-hydrogen) atoms. The number of carbonyl (C=O) groups is 1. The Morgan fingerprint density at radius 3 is 1.71 bits per heavy atom. The molecule has 0 aromatic carbocycles. The molecule has 144 valence electrons. The molecule has 0 saturated heterocycles. The standard InChI is InChI=1S/C11H19F6O5PSi/c1-24(2,3)5-4-20-9(18)6-23(19,21-7-10(12,13)14)22-8-11(15,16)17/h4-8H2,1-3H3. The Labute approximate surface area is 136 Å². The summed E-state index contributed by atoms with van der Waals surface area (Å²) < 4.78 is 97.0. The van der Waals surface area contributed by atoms with Gasteiger partial charge < -0.3 is 4.74 Å². The number of ether oxygens (including phenoxy) is 1. The van der Waals surface area contributed by atoms with Crippen LogP contribution in [0.2, 0.25) is 25.7 Å². The molecule has 0 unspecified atom stereocenters. The Morgan fingerprint density at radius 1 is 0.958 bits per heavy atom. The summed E-state index contributed by atoms with van der Waals surface area (Å²) in [5.74, 6) is -1.25. The number of hydrogen-bond acceptors (Lipinski definition) is 5. The van der Waals surface area contributed by atoms with Crippen molar-refractivity contribution in [1.29, 1.82) is 0 Å². The predicted octanol–water partition coefficient (Wildman–Crippen LogP) is 4.22. The normalized spacial score (nSPS) is 13.9. The minimum atomic E-state index is -4.95. The van der Waals surface area contributed by atoms with E-state index in [9.17, 15) is 35.7 Å². The average Bonchev–Trinajstić information content (AvgIpc) is 2.31. The lowest BCUT2D eigenvalue weighted by Crippen LogP contribution is -2.25. The molecule has 0 radical (unpaired) electrons. The van der Waals surface area contributed by atoms with Gasteiger partial charge in [-0.1, -0.05) is 19.6 Å². The minimum Gasteiger partial charge on any atom is -0.466 e. The molecule has 5 nitrogen and oxygen atoms in total. The smallest absolute Gasteiger partial charge is 0.412 e. The van der Waals surface area contributed by atoms with Gasteiger partial charge in [0.05, 0.1) is 6.61 Å². The molecule has 0 aromatic rings. The van der Waals surface area contributed by atoms with Gasteiger partial charge in [0.2, 0.25) is 0 Å². The molecule has 0 aromatic heterocycles. The number of alkyl halides is 6. The quantitative estimate of drug-likeness (QED) is 0.249. The Bertz CT molecular complexity index is 437. The predicted molar refractivity (Wildman–Crippen MR) is 75.6 cm³/mol. The third-order valence-corrected chi connectivity index (χ3v) is 5.68. The highest BCUT2D eigenvalue weighted by molar-refractivity contribution is 7.54. The molecule has 0 N–H and O–H groups in total. The van der Waals surface area contributed by atoms with Crippen molar-refractivity contribution in [1.82, 2.24) is 0 Å². The first-order valence-corrected chi connectivity index (χ1v) is 12.1. The van der Waals surface area contributed by atoms with Gasteiger partial charge in [-0.2, -0.15) is 26.3 Å². The molecule has 0 aliphatic rings. The lowest BCUT2D eigenvalue weighted by molar-refractivity contribution is -0.166. The van der Waals surface area contributed by atoms with Crippen LogP contribution in [0.4, 0.5) is 26.3 Å². The van der Waals surface area contributed by atoms with E-state index >= 15 is 0 Å². The van der Waals surface area contributed by atoms with Crippen molar-refractivity contribution in [3.05, 3.63) is 0 Å². The van der Waals surface area contributed by atoms with Crippen molar-refractivity contribution in [2.24, 2.45) is 0 Å². The van der Waals surface area contributed by atoms with Crippen molar-refractivity contribution >= 4 is 21.6 Å². The van der Waals surface area contributed by atoms with E-state index in [1.165, 1.54) is 0 Å². The van der Waals surface area contributed by atoms with Crippen LogP contribution in [0.15, 0.2) is 0 Å². The maximum Gasteiger partial charge on any atom is 0.412 e. The molecular weight excluding hydrogens is 385 g/mol. The summed E-state index contributed by atoms with van der Waals surface area (Å²) in [5, 5.41) is 0. The topological polar surface area (TPSA) is 61.8 Å². The fourth-order valence-corrected chi connectivity index (χ4v) is 3.21. The van der Waals surface area contributed by atoms with Gasteiger partial charge in [0.15, 0.2) is 13.2 Å². The summed E-state index contributed by atoms with van der Waals surface area (Å²) in [6.07, 6.45) is -11.2. The number of hydrogen-bond donors (Lipinski definition) is 0. The van der Waals surface area contributed by atoms with Crippen LogP contribution in [-0.4, -0.2) is 52.4 Å². The third kappa shape index (κ3) is 13.8. The highest BCUT2D eigenvalue weighted by Gasteiger charge is 2.40. The van der Waals surface area contributed by atoms with Crippen LogP contribution in [0.3, 0.4) is 0 Å². The summed E-state index contributed by atoms with van der Waals surface area (Å²) in [4.78, 5) is 11.5. The van der Waals surface area contributed by atoms with Crippen LogP contribution in [0.1, 0.15) is 0 Å². The van der Waals surface area contributed by atoms with Gasteiger partial charge in [0, 0.05) is 8.07 Å². The SMILES string of the molecule is C[Si](C)(C)CCOC(=O)CP(=O)(OCC(F)(F)F)OCC(F)(F)F. The number of halogens is 6. The van der Waals surface area contributed by atoms with Crippen LogP contribution >= 0.6 is 7.60 Å². The van der Waals surface area contributed by atoms with Gasteiger partial charge in [0.25, 0.3) is 0 Å². The van der Waals surface area contributed by atoms with Crippen LogP contribution in [0.5, 0.6) is 0 Å². The molecule has 0 bridgehead atoms. The molecule has 0 heterocycles. The van der Waals surface area contributed by atoms with E-state index in [0.717, 1.165) is 0 Å². The van der Waals surface area contributed by atoms with E-state index in [-0.39, 0.29) is 6.61 Å². The Morgan fingerprint density at radius 2 is 1.38 bits per heavy atom. The lowest BCUT2D eigenvalue weighted by atomic mass is 10.7. The van der Waals surface area contributed by atoms with Crippen molar-refractivity contribution in [2.45, 2.75) is 38.0 Å². The molecule has 0 aliphatic heterocycles. The van der Waals surface area contributed by atoms with E-state index < -0.39 is 53.4 Å². The number of carbonyl (C=O) groups excluding carboxylic acids is 1. The third-order valence-electron chi connectivity index (χ3n) is 2.29. The van der Waals surface area contributed by atoms with Crippen molar-refractivity contribution in [2.75, 3.05) is 26.0 Å². The second kappa shape index (κ2) is 8.68. The van der Waals surface area contributed by atoms with Gasteiger partial charge in [-0.3, -0.25) is 18.4 Å². The zero-order chi connectivity index (χ0) is 19.2. The largest absolute Gasteiger partial charge is 0.466 e. The van der Waals surface area contributed by atoms with E-state index in [1.54, 1.807) is 0 Å². The highest BCUT2D eigenvalue weighted by atomic mass is 31.2. The molecule has 0 spiro atoms. The Balaban J connectivity index is 4.74. The van der Waals surface area contributed by atoms with E-state index in [2.05, 4.69) is 13.8 Å². The Kier molecular flexibility index (Phi) is 8.47. The lowest BCUT2D eigenvalue weighted by Gasteiger charge is -2.20. The van der Waals surface area contributed by atoms with Crippen molar-refractivity contribution in [3.8, 4) is 0 Å². The minimum absolute atomic E-state index is 0.0763. The molecule has 0 amide bonds. The fourth-order valence-electron chi connectivity index (χ4n) is 1.15. The van der Waals surface area contributed by atoms with E-state index in [4.69, 9.17) is 0 Å². The van der Waals surface area contributed by atoms with Crippen molar-refractivity contribution in [3.63, 3.8) is 0 Å². The molecule has 0 atom stereocenters. The number of rotatable bonds is 9. The van der Waals surface area contributed by atoms with E-state index in [1.807, 2.05) is 19.6 Å². The van der Waals surface area contributed by atoms with Crippen LogP contribution in [0.25, 0.3) is 0 Å². The monoisotopic (exact) mass is 404 g/mol. The summed E-state index contributed by atoms with van der Waals surface area (Å²) >= 11 is 0. The fraction of sp³-hybridized carbons (Fsp3) is 0.909. The molecular formula is C11H19F6O5PSi.